The van der Waals surface area contributed by atoms with Gasteiger partial charge in [0, 0.05) is 47.7 Å². The van der Waals surface area contributed by atoms with Crippen molar-refractivity contribution in [1.29, 1.82) is 0 Å². The number of hydrogen-bond acceptors (Lipinski definition) is 9. The molecule has 2 aromatic heterocycles. The number of nitrogens with one attached hydrogen (secondary N) is 2. The van der Waals surface area contributed by atoms with Gasteiger partial charge in [-0.3, -0.25) is 0 Å². The molecule has 3 aliphatic heterocycles. The van der Waals surface area contributed by atoms with Crippen molar-refractivity contribution in [3.63, 3.8) is 0 Å². The molecule has 0 amide bonds. The Hall–Kier alpha value is -3.27. The molecule has 9 heteroatoms. The fourth-order valence-electron chi connectivity index (χ4n) is 7.17. The molecule has 0 saturated carbocycles. The van der Waals surface area contributed by atoms with Crippen molar-refractivity contribution >= 4 is 29.0 Å². The molecule has 0 spiro atoms. The van der Waals surface area contributed by atoms with Crippen molar-refractivity contribution < 1.29 is 9.47 Å². The number of anilines is 5. The molecule has 42 heavy (non-hydrogen) atoms. The fourth-order valence-corrected chi connectivity index (χ4v) is 7.17. The predicted octanol–water partition coefficient (Wildman–Crippen LogP) is 5.20. The third kappa shape index (κ3) is 4.62. The molecular formula is C33H43N7O2. The van der Waals surface area contributed by atoms with Crippen LogP contribution in [0.25, 0.3) is 0 Å². The lowest BCUT2D eigenvalue weighted by molar-refractivity contribution is -0.0302. The first-order valence-electron chi connectivity index (χ1n) is 15.4. The van der Waals surface area contributed by atoms with E-state index in [-0.39, 0.29) is 22.6 Å². The Morgan fingerprint density at radius 2 is 1.74 bits per heavy atom. The number of benzene rings is 1. The van der Waals surface area contributed by atoms with Crippen molar-refractivity contribution in [1.82, 2.24) is 20.3 Å². The summed E-state index contributed by atoms with van der Waals surface area (Å²) in [5.41, 5.74) is 5.21. The molecule has 3 atom stereocenters. The lowest BCUT2D eigenvalue weighted by Gasteiger charge is -2.34. The maximum atomic E-state index is 6.52. The van der Waals surface area contributed by atoms with E-state index in [0.29, 0.717) is 12.6 Å². The number of rotatable bonds is 5. The van der Waals surface area contributed by atoms with Crippen molar-refractivity contribution in [2.45, 2.75) is 76.0 Å². The Morgan fingerprint density at radius 3 is 2.50 bits per heavy atom. The van der Waals surface area contributed by atoms with Gasteiger partial charge in [-0.15, -0.1) is 0 Å². The number of ether oxygens (including phenoxy) is 2. The van der Waals surface area contributed by atoms with Crippen molar-refractivity contribution in [3.8, 4) is 0 Å². The van der Waals surface area contributed by atoms with E-state index in [1.165, 1.54) is 11.3 Å². The molecular weight excluding hydrogens is 526 g/mol. The third-order valence-corrected chi connectivity index (χ3v) is 10.1. The molecule has 0 radical (unpaired) electrons. The lowest BCUT2D eigenvalue weighted by atomic mass is 9.78. The average Bonchev–Trinajstić information content (AvgIpc) is 3.42. The number of hydrogen-bond donors (Lipinski definition) is 2. The summed E-state index contributed by atoms with van der Waals surface area (Å²) >= 11 is 0. The van der Waals surface area contributed by atoms with Crippen LogP contribution in [-0.4, -0.2) is 66.6 Å². The summed E-state index contributed by atoms with van der Waals surface area (Å²) < 4.78 is 12.0. The highest BCUT2D eigenvalue weighted by atomic mass is 16.5. The van der Waals surface area contributed by atoms with Crippen molar-refractivity contribution in [2.75, 3.05) is 55.1 Å². The summed E-state index contributed by atoms with van der Waals surface area (Å²) in [6, 6.07) is 13.1. The van der Waals surface area contributed by atoms with Crippen LogP contribution in [0.15, 0.2) is 42.6 Å². The van der Waals surface area contributed by atoms with E-state index in [4.69, 9.17) is 24.4 Å². The van der Waals surface area contributed by atoms with Crippen LogP contribution in [0.5, 0.6) is 0 Å². The van der Waals surface area contributed by atoms with Crippen LogP contribution in [0.1, 0.15) is 63.8 Å². The molecule has 7 rings (SSSR count). The van der Waals surface area contributed by atoms with Gasteiger partial charge in [-0.2, -0.15) is 4.98 Å². The highest BCUT2D eigenvalue weighted by Crippen LogP contribution is 2.52. The Balaban J connectivity index is 1.25. The number of fused-ring (bicyclic) bond motifs is 4. The van der Waals surface area contributed by atoms with E-state index in [0.717, 1.165) is 80.6 Å². The molecule has 0 bridgehead atoms. The quantitative estimate of drug-likeness (QED) is 0.431. The summed E-state index contributed by atoms with van der Waals surface area (Å²) in [7, 11) is 2.04. The number of pyridine rings is 1. The summed E-state index contributed by atoms with van der Waals surface area (Å²) in [4.78, 5) is 20.1. The first-order valence-corrected chi connectivity index (χ1v) is 15.4. The summed E-state index contributed by atoms with van der Waals surface area (Å²) in [5.74, 6) is 2.46. The van der Waals surface area contributed by atoms with Crippen LogP contribution in [0.4, 0.5) is 29.0 Å². The van der Waals surface area contributed by atoms with Gasteiger partial charge in [0.2, 0.25) is 5.95 Å². The van der Waals surface area contributed by atoms with Gasteiger partial charge >= 0.3 is 0 Å². The van der Waals surface area contributed by atoms with Crippen molar-refractivity contribution in [3.05, 3.63) is 59.4 Å². The van der Waals surface area contributed by atoms with Gasteiger partial charge in [0.1, 0.15) is 11.6 Å². The Kier molecular flexibility index (Phi) is 6.68. The van der Waals surface area contributed by atoms with E-state index in [1.807, 2.05) is 13.2 Å². The van der Waals surface area contributed by atoms with E-state index >= 15 is 0 Å². The highest BCUT2D eigenvalue weighted by molar-refractivity contribution is 5.71. The predicted molar refractivity (Wildman–Crippen MR) is 166 cm³/mol. The SMILES string of the molecule is CN[C@@]1(C)CCc2ccc(N3c4nc(Nc5ccc(N6CCOCC6)cc5)ncc4[C@@]4(C)COC(C)(C)CC[C@@H]34)nc21. The molecule has 2 N–H and O–H groups in total. The maximum absolute atomic E-state index is 6.52. The normalized spacial score (nSPS) is 28.2. The standard InChI is InChI=1S/C33H43N7O2/c1-31(2)14-13-26-32(3,21-42-31)25-20-35-30(36-23-7-9-24(10-8-23)39-16-18-41-19-17-39)38-29(25)40(26)27-11-6-22-12-15-33(4,34-5)28(22)37-27/h6-11,20,26,34H,12-19,21H2,1-5H3,(H,35,36,38)/t26-,32-,33+/m1/s1. The van der Waals surface area contributed by atoms with Gasteiger partial charge < -0.3 is 29.9 Å². The van der Waals surface area contributed by atoms with Crippen LogP contribution in [0, 0.1) is 0 Å². The minimum Gasteiger partial charge on any atom is -0.378 e. The number of nitrogens with zero attached hydrogens (tertiary/aromatic N) is 5. The minimum atomic E-state index is -0.256. The molecule has 222 valence electrons. The number of aryl methyl sites for hydroxylation is 1. The molecule has 2 fully saturated rings. The Labute approximate surface area is 249 Å². The zero-order valence-corrected chi connectivity index (χ0v) is 25.5. The van der Waals surface area contributed by atoms with Gasteiger partial charge in [-0.05, 0) is 89.4 Å². The van der Waals surface area contributed by atoms with Crippen molar-refractivity contribution in [2.24, 2.45) is 0 Å². The molecule has 2 saturated heterocycles. The number of aromatic nitrogens is 3. The summed E-state index contributed by atoms with van der Waals surface area (Å²) in [6.45, 7) is 13.0. The second-order valence-electron chi connectivity index (χ2n) is 13.4. The smallest absolute Gasteiger partial charge is 0.229 e. The summed E-state index contributed by atoms with van der Waals surface area (Å²) in [5, 5.41) is 7.00. The van der Waals surface area contributed by atoms with Gasteiger partial charge in [-0.25, -0.2) is 9.97 Å². The molecule has 1 aromatic carbocycles. The number of morpholine rings is 1. The van der Waals surface area contributed by atoms with Crippen LogP contribution in [-0.2, 0) is 26.8 Å². The van der Waals surface area contributed by atoms with Gasteiger partial charge in [0.25, 0.3) is 0 Å². The van der Waals surface area contributed by atoms with Gasteiger partial charge in [0.15, 0.2) is 0 Å². The maximum Gasteiger partial charge on any atom is 0.229 e. The zero-order chi connectivity index (χ0) is 29.1. The largest absolute Gasteiger partial charge is 0.378 e. The Morgan fingerprint density at radius 1 is 0.952 bits per heavy atom. The van der Waals surface area contributed by atoms with Gasteiger partial charge in [-0.1, -0.05) is 13.0 Å². The molecule has 3 aromatic rings. The second-order valence-corrected chi connectivity index (χ2v) is 13.4. The van der Waals surface area contributed by atoms with Crippen LogP contribution in [0.3, 0.4) is 0 Å². The molecule has 9 nitrogen and oxygen atoms in total. The first kappa shape index (κ1) is 27.6. The van der Waals surface area contributed by atoms with E-state index < -0.39 is 0 Å². The topological polar surface area (TPSA) is 87.7 Å². The average molecular weight is 570 g/mol. The zero-order valence-electron chi connectivity index (χ0n) is 25.5. The van der Waals surface area contributed by atoms with E-state index in [1.54, 1.807) is 0 Å². The minimum absolute atomic E-state index is 0.127. The Bertz CT molecular complexity index is 1470. The molecule has 5 heterocycles. The molecule has 1 aliphatic carbocycles. The third-order valence-electron chi connectivity index (χ3n) is 10.1. The van der Waals surface area contributed by atoms with Gasteiger partial charge in [0.05, 0.1) is 36.7 Å². The summed E-state index contributed by atoms with van der Waals surface area (Å²) in [6.07, 6.45) is 6.04. The van der Waals surface area contributed by atoms with E-state index in [9.17, 15) is 0 Å². The fraction of sp³-hybridized carbons (Fsp3) is 0.545. The van der Waals surface area contributed by atoms with E-state index in [2.05, 4.69) is 84.5 Å². The van der Waals surface area contributed by atoms with Crippen LogP contribution < -0.4 is 20.4 Å². The second kappa shape index (κ2) is 10.2. The monoisotopic (exact) mass is 569 g/mol. The first-order chi connectivity index (χ1) is 20.2. The molecule has 0 unspecified atom stereocenters. The lowest BCUT2D eigenvalue weighted by Crippen LogP contribution is -2.43. The van der Waals surface area contributed by atoms with Crippen LogP contribution in [0.2, 0.25) is 0 Å². The highest BCUT2D eigenvalue weighted by Gasteiger charge is 2.53. The van der Waals surface area contributed by atoms with Crippen LogP contribution >= 0.6 is 0 Å². The molecule has 4 aliphatic rings.